The predicted octanol–water partition coefficient (Wildman–Crippen LogP) is 7.25. The van der Waals surface area contributed by atoms with Crippen molar-refractivity contribution < 1.29 is 23.4 Å². The maximum Gasteiger partial charge on any atom is 0.307 e. The minimum Gasteiger partial charge on any atom is -0.493 e. The third-order valence-corrected chi connectivity index (χ3v) is 6.23. The Morgan fingerprint density at radius 1 is 1.11 bits per heavy atom. The molecule has 0 fully saturated rings. The van der Waals surface area contributed by atoms with Gasteiger partial charge in [-0.25, -0.2) is 5.43 Å². The molecular weight excluding hydrogens is 571 g/mol. The van der Waals surface area contributed by atoms with Crippen LogP contribution < -0.4 is 19.6 Å². The Labute approximate surface area is 226 Å². The van der Waals surface area contributed by atoms with E-state index in [-0.39, 0.29) is 12.4 Å². The highest BCUT2D eigenvalue weighted by Crippen LogP contribution is 2.37. The van der Waals surface area contributed by atoms with Gasteiger partial charge in [-0.2, -0.15) is 5.10 Å². The van der Waals surface area contributed by atoms with E-state index in [4.69, 9.17) is 41.8 Å². The number of amides is 1. The molecule has 4 rings (SSSR count). The maximum atomic E-state index is 12.5. The average molecular weight is 592 g/mol. The zero-order valence-electron chi connectivity index (χ0n) is 19.3. The molecule has 0 spiro atoms. The zero-order valence-corrected chi connectivity index (χ0v) is 22.4. The second-order valence-corrected chi connectivity index (χ2v) is 9.17. The number of nitrogens with one attached hydrogen (secondary N) is 1. The molecule has 1 aromatic heterocycles. The van der Waals surface area contributed by atoms with Gasteiger partial charge < -0.3 is 18.6 Å². The van der Waals surface area contributed by atoms with Gasteiger partial charge in [0.2, 0.25) is 0 Å². The molecule has 36 heavy (non-hydrogen) atoms. The highest BCUT2D eigenvalue weighted by Gasteiger charge is 2.15. The van der Waals surface area contributed by atoms with E-state index in [2.05, 4.69) is 26.5 Å². The van der Waals surface area contributed by atoms with Crippen molar-refractivity contribution >= 4 is 62.2 Å². The number of carbonyl (C=O) groups excluding carboxylic acids is 1. The van der Waals surface area contributed by atoms with Crippen molar-refractivity contribution in [1.29, 1.82) is 0 Å². The van der Waals surface area contributed by atoms with Gasteiger partial charge in [-0.3, -0.25) is 4.79 Å². The Balaban J connectivity index is 1.48. The second-order valence-electron chi connectivity index (χ2n) is 7.48. The number of nitrogens with zero attached hydrogens (tertiary/aromatic N) is 1. The molecule has 3 aromatic carbocycles. The third-order valence-electron chi connectivity index (χ3n) is 5.05. The van der Waals surface area contributed by atoms with Crippen molar-refractivity contribution in [3.8, 4) is 17.2 Å². The van der Waals surface area contributed by atoms with Crippen LogP contribution in [0.2, 0.25) is 10.0 Å². The first kappa shape index (κ1) is 25.9. The van der Waals surface area contributed by atoms with Crippen molar-refractivity contribution in [2.75, 3.05) is 13.7 Å². The quantitative estimate of drug-likeness (QED) is 0.164. The number of furan rings is 1. The normalized spacial score (nSPS) is 11.1. The second kappa shape index (κ2) is 11.7. The standard InChI is InChI=1S/C26H21BrCl2N2O5/c1-3-34-22-10-15(9-19(27)25(22)35-14-17-7-8-18(28)12-20(17)29)13-30-31-26(32)23-11-16-5-4-6-21(33-2)24(16)36-23/h4-13H,3,14H2,1-2H3,(H,31,32)/b30-13-. The number of fused-ring (bicyclic) bond motifs is 1. The lowest BCUT2D eigenvalue weighted by Crippen LogP contribution is -2.16. The largest absolute Gasteiger partial charge is 0.493 e. The van der Waals surface area contributed by atoms with Crippen LogP contribution in [0, 0.1) is 0 Å². The smallest absolute Gasteiger partial charge is 0.307 e. The summed E-state index contributed by atoms with van der Waals surface area (Å²) in [5.74, 6) is 1.19. The summed E-state index contributed by atoms with van der Waals surface area (Å²) in [5.41, 5.74) is 4.43. The summed E-state index contributed by atoms with van der Waals surface area (Å²) >= 11 is 15.8. The lowest BCUT2D eigenvalue weighted by molar-refractivity contribution is 0.0929. The van der Waals surface area contributed by atoms with E-state index in [1.165, 1.54) is 6.21 Å². The van der Waals surface area contributed by atoms with Crippen LogP contribution in [0.1, 0.15) is 28.6 Å². The van der Waals surface area contributed by atoms with Gasteiger partial charge in [-0.05, 0) is 64.8 Å². The highest BCUT2D eigenvalue weighted by molar-refractivity contribution is 9.10. The van der Waals surface area contributed by atoms with E-state index in [1.54, 1.807) is 49.6 Å². The first-order chi connectivity index (χ1) is 17.4. The monoisotopic (exact) mass is 590 g/mol. The van der Waals surface area contributed by atoms with Crippen LogP contribution in [0.4, 0.5) is 0 Å². The minimum absolute atomic E-state index is 0.118. The third kappa shape index (κ3) is 5.95. The summed E-state index contributed by atoms with van der Waals surface area (Å²) in [6.07, 6.45) is 1.49. The highest BCUT2D eigenvalue weighted by atomic mass is 79.9. The number of hydrogen-bond donors (Lipinski definition) is 1. The van der Waals surface area contributed by atoms with Gasteiger partial charge in [-0.15, -0.1) is 0 Å². The molecule has 0 saturated heterocycles. The molecule has 0 aliphatic carbocycles. The summed E-state index contributed by atoms with van der Waals surface area (Å²) in [5, 5.41) is 5.87. The molecule has 7 nitrogen and oxygen atoms in total. The first-order valence-electron chi connectivity index (χ1n) is 10.8. The van der Waals surface area contributed by atoms with E-state index >= 15 is 0 Å². The Morgan fingerprint density at radius 3 is 2.69 bits per heavy atom. The number of benzene rings is 3. The SMILES string of the molecule is CCOc1cc(/C=N\NC(=O)c2cc3cccc(OC)c3o2)cc(Br)c1OCc1ccc(Cl)cc1Cl. The summed E-state index contributed by atoms with van der Waals surface area (Å²) in [6.45, 7) is 2.52. The fourth-order valence-electron chi connectivity index (χ4n) is 3.38. The molecule has 0 bridgehead atoms. The van der Waals surface area contributed by atoms with E-state index in [0.717, 1.165) is 10.9 Å². The van der Waals surface area contributed by atoms with E-state index in [9.17, 15) is 4.79 Å². The van der Waals surface area contributed by atoms with Crippen LogP contribution in [0.25, 0.3) is 11.0 Å². The van der Waals surface area contributed by atoms with E-state index in [0.29, 0.717) is 49.5 Å². The van der Waals surface area contributed by atoms with Crippen molar-refractivity contribution in [2.45, 2.75) is 13.5 Å². The Morgan fingerprint density at radius 2 is 1.94 bits per heavy atom. The molecule has 1 heterocycles. The van der Waals surface area contributed by atoms with E-state index < -0.39 is 5.91 Å². The zero-order chi connectivity index (χ0) is 25.7. The van der Waals surface area contributed by atoms with Gasteiger partial charge in [0.05, 0.1) is 24.4 Å². The molecular formula is C26H21BrCl2N2O5. The van der Waals surface area contributed by atoms with Crippen LogP contribution >= 0.6 is 39.1 Å². The number of methoxy groups -OCH3 is 1. The fourth-order valence-corrected chi connectivity index (χ4v) is 4.42. The van der Waals surface area contributed by atoms with Crippen molar-refractivity contribution in [2.24, 2.45) is 5.10 Å². The Bertz CT molecular complexity index is 1440. The van der Waals surface area contributed by atoms with Crippen LogP contribution in [-0.2, 0) is 6.61 Å². The number of ether oxygens (including phenoxy) is 3. The van der Waals surface area contributed by atoms with Gasteiger partial charge in [0.25, 0.3) is 0 Å². The van der Waals surface area contributed by atoms with Crippen LogP contribution in [0.3, 0.4) is 0 Å². The molecule has 10 heteroatoms. The fraction of sp³-hybridized carbons (Fsp3) is 0.154. The lowest BCUT2D eigenvalue weighted by Gasteiger charge is -2.15. The first-order valence-corrected chi connectivity index (χ1v) is 12.4. The average Bonchev–Trinajstić information content (AvgIpc) is 3.29. The molecule has 4 aromatic rings. The molecule has 0 atom stereocenters. The van der Waals surface area contributed by atoms with Gasteiger partial charge in [0.1, 0.15) is 6.61 Å². The van der Waals surface area contributed by atoms with Crippen molar-refractivity contribution in [1.82, 2.24) is 5.43 Å². The summed E-state index contributed by atoms with van der Waals surface area (Å²) in [6, 6.07) is 15.8. The van der Waals surface area contributed by atoms with Crippen LogP contribution in [0.5, 0.6) is 17.2 Å². The van der Waals surface area contributed by atoms with Gasteiger partial charge >= 0.3 is 5.91 Å². The van der Waals surface area contributed by atoms with E-state index in [1.807, 2.05) is 19.1 Å². The molecule has 186 valence electrons. The molecule has 0 aliphatic heterocycles. The molecule has 1 N–H and O–H groups in total. The number of rotatable bonds is 9. The predicted molar refractivity (Wildman–Crippen MR) is 144 cm³/mol. The van der Waals surface area contributed by atoms with Gasteiger partial charge in [-0.1, -0.05) is 41.4 Å². The molecule has 0 aliphatic rings. The number of hydrazone groups is 1. The lowest BCUT2D eigenvalue weighted by atomic mass is 10.2. The molecule has 1 amide bonds. The van der Waals surface area contributed by atoms with Crippen LogP contribution in [0.15, 0.2) is 68.6 Å². The summed E-state index contributed by atoms with van der Waals surface area (Å²) < 4.78 is 23.3. The summed E-state index contributed by atoms with van der Waals surface area (Å²) in [4.78, 5) is 12.5. The van der Waals surface area contributed by atoms with Gasteiger partial charge in [0, 0.05) is 21.0 Å². The number of para-hydroxylation sites is 1. The molecule has 0 radical (unpaired) electrons. The number of hydrogen-bond acceptors (Lipinski definition) is 6. The number of halogens is 3. The van der Waals surface area contributed by atoms with Crippen molar-refractivity contribution in [3.63, 3.8) is 0 Å². The van der Waals surface area contributed by atoms with Crippen LogP contribution in [-0.4, -0.2) is 25.8 Å². The van der Waals surface area contributed by atoms with Gasteiger partial charge in [0.15, 0.2) is 28.6 Å². The topological polar surface area (TPSA) is 82.3 Å². The maximum absolute atomic E-state index is 12.5. The van der Waals surface area contributed by atoms with Crippen molar-refractivity contribution in [3.05, 3.63) is 86.0 Å². The summed E-state index contributed by atoms with van der Waals surface area (Å²) in [7, 11) is 1.54. The molecule has 0 unspecified atom stereocenters. The Hall–Kier alpha value is -3.20. The Kier molecular flexibility index (Phi) is 8.40. The number of carbonyl (C=O) groups is 1. The minimum atomic E-state index is -0.492. The molecule has 0 saturated carbocycles.